The average molecular weight is 489 g/mol. The second kappa shape index (κ2) is 12.6. The number of nitrogens with one attached hydrogen (secondary N) is 2. The van der Waals surface area contributed by atoms with E-state index in [1.807, 2.05) is 39.0 Å². The molecule has 34 heavy (non-hydrogen) atoms. The lowest BCUT2D eigenvalue weighted by molar-refractivity contribution is -0.150. The maximum atomic E-state index is 12.2. The van der Waals surface area contributed by atoms with Gasteiger partial charge in [-0.1, -0.05) is 29.8 Å². The molecule has 2 N–H and O–H groups in total. The molecule has 0 saturated heterocycles. The van der Waals surface area contributed by atoms with E-state index in [-0.39, 0.29) is 12.5 Å². The van der Waals surface area contributed by atoms with Gasteiger partial charge in [0.15, 0.2) is 17.6 Å². The number of hydrogen-bond donors (Lipinski definition) is 2. The summed E-state index contributed by atoms with van der Waals surface area (Å²) < 4.78 is 15.8. The zero-order valence-electron chi connectivity index (χ0n) is 19.9. The molecule has 1 unspecified atom stereocenters. The summed E-state index contributed by atoms with van der Waals surface area (Å²) in [6.07, 6.45) is 1.56. The first-order valence-electron chi connectivity index (χ1n) is 10.7. The lowest BCUT2D eigenvalue weighted by atomic mass is 10.1. The van der Waals surface area contributed by atoms with Crippen LogP contribution in [-0.2, 0) is 19.1 Å². The number of hydrogen-bond acceptors (Lipinski definition) is 6. The normalized spacial score (nSPS) is 11.6. The standard InChI is InChI=1S/C25H29ClN2O6/c1-6-33-20-13-18(12-19(26)24(20)32-5)10-11-22(30)34-17(4)25(31)27-14-21(29)28-23-15(2)8-7-9-16(23)3/h7-13,17H,6,14H2,1-5H3,(H,27,31)(H,28,29)/b11-10+. The Morgan fingerprint density at radius 2 is 1.82 bits per heavy atom. The Bertz CT molecular complexity index is 1060. The lowest BCUT2D eigenvalue weighted by Gasteiger charge is -2.14. The van der Waals surface area contributed by atoms with E-state index in [4.69, 9.17) is 25.8 Å². The molecule has 8 nitrogen and oxygen atoms in total. The van der Waals surface area contributed by atoms with Gasteiger partial charge in [-0.25, -0.2) is 4.79 Å². The van der Waals surface area contributed by atoms with Crippen LogP contribution in [0.15, 0.2) is 36.4 Å². The minimum Gasteiger partial charge on any atom is -0.491 e. The van der Waals surface area contributed by atoms with Crippen molar-refractivity contribution in [1.29, 1.82) is 0 Å². The maximum Gasteiger partial charge on any atom is 0.331 e. The van der Waals surface area contributed by atoms with Crippen LogP contribution in [0.4, 0.5) is 5.69 Å². The molecule has 0 aromatic heterocycles. The largest absolute Gasteiger partial charge is 0.491 e. The summed E-state index contributed by atoms with van der Waals surface area (Å²) in [5.74, 6) is -0.865. The zero-order chi connectivity index (χ0) is 25.3. The van der Waals surface area contributed by atoms with Crippen LogP contribution < -0.4 is 20.1 Å². The second-order valence-electron chi connectivity index (χ2n) is 7.41. The SMILES string of the molecule is CCOc1cc(/C=C/C(=O)OC(C)C(=O)NCC(=O)Nc2c(C)cccc2C)cc(Cl)c1OC. The number of amides is 2. The van der Waals surface area contributed by atoms with Gasteiger partial charge < -0.3 is 24.8 Å². The maximum absolute atomic E-state index is 12.2. The van der Waals surface area contributed by atoms with E-state index in [9.17, 15) is 14.4 Å². The summed E-state index contributed by atoms with van der Waals surface area (Å²) in [7, 11) is 1.48. The molecule has 0 saturated carbocycles. The number of aryl methyl sites for hydroxylation is 2. The van der Waals surface area contributed by atoms with Crippen LogP contribution in [0, 0.1) is 13.8 Å². The molecule has 2 amide bonds. The van der Waals surface area contributed by atoms with Gasteiger partial charge >= 0.3 is 5.97 Å². The highest BCUT2D eigenvalue weighted by atomic mass is 35.5. The molecule has 2 rings (SSSR count). The van der Waals surface area contributed by atoms with Crippen molar-refractivity contribution in [3.8, 4) is 11.5 Å². The fourth-order valence-corrected chi connectivity index (χ4v) is 3.38. The molecular formula is C25H29ClN2O6. The van der Waals surface area contributed by atoms with Crippen molar-refractivity contribution in [2.75, 3.05) is 25.6 Å². The molecule has 0 radical (unpaired) electrons. The lowest BCUT2D eigenvalue weighted by Crippen LogP contribution is -2.40. The number of carbonyl (C=O) groups is 3. The molecule has 0 bridgehead atoms. The molecule has 1 atom stereocenters. The summed E-state index contributed by atoms with van der Waals surface area (Å²) in [5, 5.41) is 5.56. The number of methoxy groups -OCH3 is 1. The fourth-order valence-electron chi connectivity index (χ4n) is 3.08. The van der Waals surface area contributed by atoms with Gasteiger partial charge in [0.1, 0.15) is 0 Å². The van der Waals surface area contributed by atoms with Gasteiger partial charge in [0.25, 0.3) is 5.91 Å². The third-order valence-electron chi connectivity index (χ3n) is 4.78. The molecule has 0 heterocycles. The highest BCUT2D eigenvalue weighted by Crippen LogP contribution is 2.36. The van der Waals surface area contributed by atoms with Gasteiger partial charge in [0.2, 0.25) is 5.91 Å². The molecular weight excluding hydrogens is 460 g/mol. The highest BCUT2D eigenvalue weighted by Gasteiger charge is 2.18. The smallest absolute Gasteiger partial charge is 0.331 e. The monoisotopic (exact) mass is 488 g/mol. The molecule has 2 aromatic carbocycles. The molecule has 0 aliphatic carbocycles. The molecule has 9 heteroatoms. The molecule has 0 aliphatic rings. The van der Waals surface area contributed by atoms with E-state index < -0.39 is 18.0 Å². The van der Waals surface area contributed by atoms with Crippen molar-refractivity contribution >= 4 is 41.1 Å². The first-order chi connectivity index (χ1) is 16.2. The van der Waals surface area contributed by atoms with Crippen molar-refractivity contribution in [3.05, 3.63) is 58.1 Å². The van der Waals surface area contributed by atoms with E-state index >= 15 is 0 Å². The van der Waals surface area contributed by atoms with Crippen molar-refractivity contribution in [2.24, 2.45) is 0 Å². The third-order valence-corrected chi connectivity index (χ3v) is 5.06. The van der Waals surface area contributed by atoms with Gasteiger partial charge in [0.05, 0.1) is 25.3 Å². The quantitative estimate of drug-likeness (QED) is 0.386. The first-order valence-corrected chi connectivity index (χ1v) is 11.1. The first kappa shape index (κ1) is 26.7. The van der Waals surface area contributed by atoms with E-state index in [0.717, 1.165) is 11.1 Å². The fraction of sp³-hybridized carbons (Fsp3) is 0.320. The third kappa shape index (κ3) is 7.52. The number of halogens is 1. The predicted molar refractivity (Wildman–Crippen MR) is 131 cm³/mol. The molecule has 182 valence electrons. The molecule has 2 aromatic rings. The van der Waals surface area contributed by atoms with Gasteiger partial charge in [0, 0.05) is 11.8 Å². The predicted octanol–water partition coefficient (Wildman–Crippen LogP) is 4.06. The average Bonchev–Trinajstić information content (AvgIpc) is 2.78. The van der Waals surface area contributed by atoms with Crippen molar-refractivity contribution in [1.82, 2.24) is 5.32 Å². The van der Waals surface area contributed by atoms with Gasteiger partial charge in [-0.15, -0.1) is 0 Å². The number of carbonyl (C=O) groups excluding carboxylic acids is 3. The number of rotatable bonds is 10. The van der Waals surface area contributed by atoms with Gasteiger partial charge in [-0.3, -0.25) is 9.59 Å². The van der Waals surface area contributed by atoms with Crippen LogP contribution in [0.5, 0.6) is 11.5 Å². The molecule has 0 fully saturated rings. The Labute approximate surface area is 204 Å². The number of anilines is 1. The number of benzene rings is 2. The van der Waals surface area contributed by atoms with Crippen LogP contribution in [0.3, 0.4) is 0 Å². The number of esters is 1. The molecule has 0 aliphatic heterocycles. The van der Waals surface area contributed by atoms with E-state index in [1.165, 1.54) is 26.2 Å². The van der Waals surface area contributed by atoms with Crippen LogP contribution >= 0.6 is 11.6 Å². The van der Waals surface area contributed by atoms with Crippen molar-refractivity contribution in [2.45, 2.75) is 33.8 Å². The van der Waals surface area contributed by atoms with Crippen LogP contribution in [0.2, 0.25) is 5.02 Å². The minimum absolute atomic E-state index is 0.255. The van der Waals surface area contributed by atoms with Crippen molar-refractivity contribution < 1.29 is 28.6 Å². The second-order valence-corrected chi connectivity index (χ2v) is 7.82. The van der Waals surface area contributed by atoms with E-state index in [1.54, 1.807) is 12.1 Å². The Morgan fingerprint density at radius 3 is 2.44 bits per heavy atom. The zero-order valence-corrected chi connectivity index (χ0v) is 20.6. The Hall–Kier alpha value is -3.52. The number of para-hydroxylation sites is 1. The Morgan fingerprint density at radius 1 is 1.15 bits per heavy atom. The Balaban J connectivity index is 1.89. The Kier molecular flexibility index (Phi) is 9.94. The topological polar surface area (TPSA) is 103 Å². The summed E-state index contributed by atoms with van der Waals surface area (Å²) in [6, 6.07) is 8.94. The van der Waals surface area contributed by atoms with Crippen LogP contribution in [0.1, 0.15) is 30.5 Å². The summed E-state index contributed by atoms with van der Waals surface area (Å²) in [6.45, 7) is 7.17. The summed E-state index contributed by atoms with van der Waals surface area (Å²) >= 11 is 6.20. The summed E-state index contributed by atoms with van der Waals surface area (Å²) in [4.78, 5) is 36.6. The van der Waals surface area contributed by atoms with Crippen molar-refractivity contribution in [3.63, 3.8) is 0 Å². The summed E-state index contributed by atoms with van der Waals surface area (Å²) in [5.41, 5.74) is 3.13. The van der Waals surface area contributed by atoms with Crippen LogP contribution in [0.25, 0.3) is 6.08 Å². The highest BCUT2D eigenvalue weighted by molar-refractivity contribution is 6.32. The van der Waals surface area contributed by atoms with E-state index in [2.05, 4.69) is 10.6 Å². The molecule has 0 spiro atoms. The number of ether oxygens (including phenoxy) is 3. The van der Waals surface area contributed by atoms with Crippen LogP contribution in [-0.4, -0.2) is 44.1 Å². The van der Waals surface area contributed by atoms with Gasteiger partial charge in [-0.2, -0.15) is 0 Å². The minimum atomic E-state index is -1.09. The van der Waals surface area contributed by atoms with Gasteiger partial charge in [-0.05, 0) is 62.6 Å². The van der Waals surface area contributed by atoms with E-state index in [0.29, 0.717) is 34.4 Å².